The summed E-state index contributed by atoms with van der Waals surface area (Å²) in [4.78, 5) is 18.3. The van der Waals surface area contributed by atoms with Crippen LogP contribution in [-0.4, -0.2) is 45.5 Å². The number of aliphatic hydroxyl groups excluding tert-OH is 1. The first kappa shape index (κ1) is 14.9. The normalized spacial score (nSPS) is 31.9. The number of anilines is 1. The quantitative estimate of drug-likeness (QED) is 0.852. The Hall–Kier alpha value is -1.63. The van der Waals surface area contributed by atoms with E-state index in [4.69, 9.17) is 4.52 Å². The van der Waals surface area contributed by atoms with Crippen LogP contribution in [-0.2, 0) is 4.79 Å². The first-order chi connectivity index (χ1) is 11.1. The highest BCUT2D eigenvalue weighted by atomic mass is 16.5. The van der Waals surface area contributed by atoms with Crippen molar-refractivity contribution < 1.29 is 19.5 Å². The molecule has 0 unspecified atom stereocenters. The number of aromatic nitrogens is 2. The zero-order valence-corrected chi connectivity index (χ0v) is 13.1. The van der Waals surface area contributed by atoms with Crippen LogP contribution in [0.15, 0.2) is 4.52 Å². The minimum absolute atomic E-state index is 0.254. The molecule has 2 aliphatic carbocycles. The highest BCUT2D eigenvalue weighted by Gasteiger charge is 2.52. The van der Waals surface area contributed by atoms with Crippen LogP contribution in [0.4, 0.5) is 5.95 Å². The van der Waals surface area contributed by atoms with Crippen molar-refractivity contribution in [1.29, 1.82) is 0 Å². The van der Waals surface area contributed by atoms with Crippen LogP contribution in [0.2, 0.25) is 0 Å². The Morgan fingerprint density at radius 2 is 2.09 bits per heavy atom. The van der Waals surface area contributed by atoms with Crippen molar-refractivity contribution in [3.05, 3.63) is 5.89 Å². The van der Waals surface area contributed by atoms with E-state index in [1.54, 1.807) is 0 Å². The number of aliphatic carboxylic acids is 1. The van der Waals surface area contributed by atoms with E-state index in [2.05, 4.69) is 10.1 Å². The van der Waals surface area contributed by atoms with Gasteiger partial charge in [-0.2, -0.15) is 4.98 Å². The average molecular weight is 321 g/mol. The molecule has 2 atom stereocenters. The second-order valence-corrected chi connectivity index (χ2v) is 7.40. The molecule has 2 heterocycles. The van der Waals surface area contributed by atoms with Crippen molar-refractivity contribution >= 4 is 11.9 Å². The van der Waals surface area contributed by atoms with Gasteiger partial charge in [0.15, 0.2) is 0 Å². The van der Waals surface area contributed by atoms with E-state index in [0.29, 0.717) is 43.1 Å². The monoisotopic (exact) mass is 321 g/mol. The van der Waals surface area contributed by atoms with Crippen LogP contribution in [0.3, 0.4) is 0 Å². The third-order valence-electron chi connectivity index (χ3n) is 5.73. The number of aliphatic hydroxyl groups is 1. The molecule has 1 saturated heterocycles. The molecule has 0 radical (unpaired) electrons. The molecule has 23 heavy (non-hydrogen) atoms. The second-order valence-electron chi connectivity index (χ2n) is 7.40. The zero-order valence-electron chi connectivity index (χ0n) is 13.1. The van der Waals surface area contributed by atoms with Gasteiger partial charge in [-0.05, 0) is 36.8 Å². The molecule has 1 aromatic rings. The van der Waals surface area contributed by atoms with Crippen LogP contribution in [0.25, 0.3) is 0 Å². The van der Waals surface area contributed by atoms with Crippen molar-refractivity contribution in [2.24, 2.45) is 11.3 Å². The Kier molecular flexibility index (Phi) is 3.55. The third kappa shape index (κ3) is 2.60. The van der Waals surface area contributed by atoms with Crippen molar-refractivity contribution in [2.75, 3.05) is 18.0 Å². The number of piperidine rings is 1. The highest BCUT2D eigenvalue weighted by Crippen LogP contribution is 2.45. The fourth-order valence-corrected chi connectivity index (χ4v) is 3.76. The number of rotatable bonds is 5. The minimum atomic E-state index is -1.11. The van der Waals surface area contributed by atoms with E-state index >= 15 is 0 Å². The third-order valence-corrected chi connectivity index (χ3v) is 5.73. The minimum Gasteiger partial charge on any atom is -0.481 e. The maximum absolute atomic E-state index is 11.9. The van der Waals surface area contributed by atoms with Gasteiger partial charge in [-0.15, -0.1) is 0 Å². The molecule has 0 amide bonds. The molecule has 0 bridgehead atoms. The summed E-state index contributed by atoms with van der Waals surface area (Å²) in [6.45, 7) is 0.814. The van der Waals surface area contributed by atoms with E-state index in [0.717, 1.165) is 25.7 Å². The van der Waals surface area contributed by atoms with Gasteiger partial charge in [-0.25, -0.2) is 0 Å². The Morgan fingerprint density at radius 1 is 1.30 bits per heavy atom. The van der Waals surface area contributed by atoms with Gasteiger partial charge in [0.25, 0.3) is 5.95 Å². The molecular weight excluding hydrogens is 298 g/mol. The van der Waals surface area contributed by atoms with Gasteiger partial charge in [0.2, 0.25) is 5.89 Å². The van der Waals surface area contributed by atoms with Crippen molar-refractivity contribution in [3.63, 3.8) is 0 Å². The summed E-state index contributed by atoms with van der Waals surface area (Å²) in [6, 6.07) is 0. The maximum Gasteiger partial charge on any atom is 0.314 e. The highest BCUT2D eigenvalue weighted by molar-refractivity contribution is 5.77. The molecule has 7 heteroatoms. The van der Waals surface area contributed by atoms with E-state index in [9.17, 15) is 15.0 Å². The molecule has 0 spiro atoms. The molecule has 3 fully saturated rings. The SMILES string of the molecule is O=C(O)[C@]1(CC2CC2)CN(c2noc(C3CCC3)n2)CC[C@H]1O. The Labute approximate surface area is 134 Å². The van der Waals surface area contributed by atoms with Crippen LogP contribution >= 0.6 is 0 Å². The Morgan fingerprint density at radius 3 is 2.70 bits per heavy atom. The fourth-order valence-electron chi connectivity index (χ4n) is 3.76. The first-order valence-electron chi connectivity index (χ1n) is 8.58. The molecular formula is C16H23N3O4. The molecule has 1 aliphatic heterocycles. The molecule has 2 saturated carbocycles. The van der Waals surface area contributed by atoms with Crippen LogP contribution in [0.5, 0.6) is 0 Å². The smallest absolute Gasteiger partial charge is 0.314 e. The lowest BCUT2D eigenvalue weighted by Crippen LogP contribution is -2.56. The molecule has 126 valence electrons. The fraction of sp³-hybridized carbons (Fsp3) is 0.812. The maximum atomic E-state index is 11.9. The summed E-state index contributed by atoms with van der Waals surface area (Å²) in [5.74, 6) is 1.02. The number of carboxylic acid groups (broad SMARTS) is 1. The van der Waals surface area contributed by atoms with Gasteiger partial charge >= 0.3 is 5.97 Å². The topological polar surface area (TPSA) is 99.7 Å². The van der Waals surface area contributed by atoms with Crippen LogP contribution in [0, 0.1) is 11.3 Å². The summed E-state index contributed by atoms with van der Waals surface area (Å²) >= 11 is 0. The summed E-state index contributed by atoms with van der Waals surface area (Å²) < 4.78 is 5.36. The average Bonchev–Trinajstić information content (AvgIpc) is 3.15. The summed E-state index contributed by atoms with van der Waals surface area (Å²) in [6.07, 6.45) is 5.64. The van der Waals surface area contributed by atoms with E-state index in [1.807, 2.05) is 4.90 Å². The van der Waals surface area contributed by atoms with Crippen molar-refractivity contribution in [1.82, 2.24) is 10.1 Å². The predicted octanol–water partition coefficient (Wildman–Crippen LogP) is 1.78. The van der Waals surface area contributed by atoms with Crippen LogP contribution in [0.1, 0.15) is 56.8 Å². The van der Waals surface area contributed by atoms with Crippen LogP contribution < -0.4 is 4.90 Å². The molecule has 4 rings (SSSR count). The zero-order chi connectivity index (χ0) is 16.0. The van der Waals surface area contributed by atoms with Crippen molar-refractivity contribution in [3.8, 4) is 0 Å². The number of hydrogen-bond acceptors (Lipinski definition) is 6. The summed E-state index contributed by atoms with van der Waals surface area (Å²) in [5, 5.41) is 24.2. The predicted molar refractivity (Wildman–Crippen MR) is 81.1 cm³/mol. The lowest BCUT2D eigenvalue weighted by molar-refractivity contribution is -0.158. The number of carboxylic acids is 1. The van der Waals surface area contributed by atoms with Gasteiger partial charge in [0, 0.05) is 19.0 Å². The van der Waals surface area contributed by atoms with E-state index in [-0.39, 0.29) is 6.54 Å². The second kappa shape index (κ2) is 5.47. The largest absolute Gasteiger partial charge is 0.481 e. The number of carbonyl (C=O) groups is 1. The lowest BCUT2D eigenvalue weighted by Gasteiger charge is -2.43. The first-order valence-corrected chi connectivity index (χ1v) is 8.58. The van der Waals surface area contributed by atoms with Gasteiger partial charge in [-0.1, -0.05) is 19.3 Å². The van der Waals surface area contributed by atoms with Gasteiger partial charge in [0.05, 0.1) is 6.10 Å². The van der Waals surface area contributed by atoms with Gasteiger partial charge < -0.3 is 19.6 Å². The summed E-state index contributed by atoms with van der Waals surface area (Å²) in [7, 11) is 0. The number of nitrogens with zero attached hydrogens (tertiary/aromatic N) is 3. The molecule has 1 aromatic heterocycles. The Balaban J connectivity index is 1.54. The number of hydrogen-bond donors (Lipinski definition) is 2. The van der Waals surface area contributed by atoms with Crippen molar-refractivity contribution in [2.45, 2.75) is 57.0 Å². The molecule has 7 nitrogen and oxygen atoms in total. The molecule has 2 N–H and O–H groups in total. The standard InChI is InChI=1S/C16H23N3O4/c20-12-6-7-19(9-16(12,14(21)22)8-10-4-5-10)15-17-13(23-18-15)11-2-1-3-11/h10-12,20H,1-9H2,(H,21,22)/t12-,16-/m1/s1. The molecule has 0 aromatic carbocycles. The lowest BCUT2D eigenvalue weighted by atomic mass is 9.73. The van der Waals surface area contributed by atoms with Gasteiger partial charge in [-0.3, -0.25) is 4.79 Å². The van der Waals surface area contributed by atoms with Gasteiger partial charge in [0.1, 0.15) is 5.41 Å². The Bertz CT molecular complexity index is 596. The van der Waals surface area contributed by atoms with E-state index in [1.165, 1.54) is 6.42 Å². The molecule has 3 aliphatic rings. The summed E-state index contributed by atoms with van der Waals surface area (Å²) in [5.41, 5.74) is -1.11. The van der Waals surface area contributed by atoms with E-state index < -0.39 is 17.5 Å².